The molecular formula is C22H25N5O5S. The summed E-state index contributed by atoms with van der Waals surface area (Å²) in [6.45, 7) is 4.19. The molecule has 3 aromatic rings. The van der Waals surface area contributed by atoms with Crippen molar-refractivity contribution in [1.29, 1.82) is 0 Å². The van der Waals surface area contributed by atoms with E-state index in [0.29, 0.717) is 24.2 Å². The van der Waals surface area contributed by atoms with Crippen molar-refractivity contribution in [2.24, 2.45) is 0 Å². The number of rotatable bonds is 4. The number of nitrogens with zero attached hydrogens (tertiary/aromatic N) is 4. The molecule has 0 saturated carbocycles. The SMILES string of the molecule is O=CO.O=S(=O)(c1ccc(N2CCOCC2)nc1)n1cc(C2=CCNCC2)c2ncccc21. The van der Waals surface area contributed by atoms with Crippen LogP contribution in [0.5, 0.6) is 0 Å². The van der Waals surface area contributed by atoms with E-state index >= 15 is 0 Å². The summed E-state index contributed by atoms with van der Waals surface area (Å²) in [6.07, 6.45) is 7.77. The minimum Gasteiger partial charge on any atom is -0.483 e. The maximum Gasteiger partial charge on any atom is 0.290 e. The Kier molecular flexibility index (Phi) is 7.02. The van der Waals surface area contributed by atoms with Crippen LogP contribution in [0, 0.1) is 0 Å². The fourth-order valence-corrected chi connectivity index (χ4v) is 5.25. The monoisotopic (exact) mass is 471 g/mol. The van der Waals surface area contributed by atoms with Crippen LogP contribution in [0.1, 0.15) is 12.0 Å². The molecule has 0 bridgehead atoms. The molecule has 0 unspecified atom stereocenters. The van der Waals surface area contributed by atoms with Crippen molar-refractivity contribution in [2.75, 3.05) is 44.3 Å². The standard InChI is InChI=1S/C21H23N5O3S.CH2O2/c27-30(28,17-3-4-20(24-14-17)25-10-12-29-13-11-25)26-15-18(16-5-8-22-9-6-16)21-19(26)2-1-7-23-21;2-1-3/h1-5,7,14-15,22H,6,8-13H2;1H,(H,2,3). The van der Waals surface area contributed by atoms with Gasteiger partial charge >= 0.3 is 0 Å². The van der Waals surface area contributed by atoms with Gasteiger partial charge in [-0.2, -0.15) is 0 Å². The molecule has 5 rings (SSSR count). The number of hydrogen-bond donors (Lipinski definition) is 2. The number of morpholine rings is 1. The van der Waals surface area contributed by atoms with E-state index in [1.54, 1.807) is 36.7 Å². The molecule has 0 amide bonds. The lowest BCUT2D eigenvalue weighted by molar-refractivity contribution is -0.122. The van der Waals surface area contributed by atoms with Gasteiger partial charge in [-0.25, -0.2) is 17.4 Å². The predicted molar refractivity (Wildman–Crippen MR) is 124 cm³/mol. The Morgan fingerprint density at radius 2 is 1.94 bits per heavy atom. The molecule has 174 valence electrons. The third kappa shape index (κ3) is 4.75. The second kappa shape index (κ2) is 10.1. The highest BCUT2D eigenvalue weighted by Gasteiger charge is 2.24. The van der Waals surface area contributed by atoms with Crippen molar-refractivity contribution >= 4 is 38.9 Å². The first kappa shape index (κ1) is 22.9. The summed E-state index contributed by atoms with van der Waals surface area (Å²) in [6, 6.07) is 6.94. The third-order valence-electron chi connectivity index (χ3n) is 5.55. The molecule has 10 nitrogen and oxygen atoms in total. The van der Waals surface area contributed by atoms with Crippen LogP contribution in [0.2, 0.25) is 0 Å². The van der Waals surface area contributed by atoms with Gasteiger partial charge in [0.2, 0.25) is 0 Å². The van der Waals surface area contributed by atoms with Crippen LogP contribution in [0.25, 0.3) is 16.6 Å². The van der Waals surface area contributed by atoms with E-state index in [2.05, 4.69) is 26.3 Å². The van der Waals surface area contributed by atoms with Gasteiger partial charge < -0.3 is 20.1 Å². The maximum absolute atomic E-state index is 13.5. The molecule has 5 heterocycles. The fourth-order valence-electron chi connectivity index (χ4n) is 3.95. The number of pyridine rings is 2. The lowest BCUT2D eigenvalue weighted by atomic mass is 10.0. The molecule has 0 radical (unpaired) electrons. The van der Waals surface area contributed by atoms with Gasteiger partial charge in [-0.3, -0.25) is 9.78 Å². The quantitative estimate of drug-likeness (QED) is 0.545. The van der Waals surface area contributed by atoms with Crippen LogP contribution < -0.4 is 10.2 Å². The number of hydrogen-bond acceptors (Lipinski definition) is 8. The smallest absolute Gasteiger partial charge is 0.290 e. The summed E-state index contributed by atoms with van der Waals surface area (Å²) < 4.78 is 33.6. The summed E-state index contributed by atoms with van der Waals surface area (Å²) in [5.74, 6) is 0.761. The summed E-state index contributed by atoms with van der Waals surface area (Å²) in [7, 11) is -3.80. The Bertz CT molecular complexity index is 1250. The molecular weight excluding hydrogens is 446 g/mol. The average molecular weight is 472 g/mol. The van der Waals surface area contributed by atoms with Gasteiger partial charge in [-0.15, -0.1) is 0 Å². The van der Waals surface area contributed by atoms with Gasteiger partial charge in [0.15, 0.2) is 0 Å². The highest BCUT2D eigenvalue weighted by Crippen LogP contribution is 2.31. The molecule has 0 aromatic carbocycles. The average Bonchev–Trinajstić information content (AvgIpc) is 3.26. The van der Waals surface area contributed by atoms with E-state index in [1.165, 1.54) is 10.2 Å². The Labute approximate surface area is 191 Å². The minimum absolute atomic E-state index is 0.158. The Morgan fingerprint density at radius 3 is 2.61 bits per heavy atom. The van der Waals surface area contributed by atoms with Gasteiger partial charge in [-0.1, -0.05) is 6.08 Å². The van der Waals surface area contributed by atoms with Gasteiger partial charge in [-0.05, 0) is 42.8 Å². The second-order valence-corrected chi connectivity index (χ2v) is 9.27. The van der Waals surface area contributed by atoms with Crippen LogP contribution in [0.4, 0.5) is 5.82 Å². The predicted octanol–water partition coefficient (Wildman–Crippen LogP) is 1.58. The van der Waals surface area contributed by atoms with Crippen LogP contribution in [-0.4, -0.2) is 73.3 Å². The minimum atomic E-state index is -3.80. The normalized spacial score (nSPS) is 16.6. The number of ether oxygens (including phenoxy) is 1. The van der Waals surface area contributed by atoms with E-state index in [-0.39, 0.29) is 11.4 Å². The van der Waals surface area contributed by atoms with Crippen molar-refractivity contribution in [3.63, 3.8) is 0 Å². The second-order valence-electron chi connectivity index (χ2n) is 7.46. The molecule has 1 fully saturated rings. The summed E-state index contributed by atoms with van der Waals surface area (Å²) in [5, 5.41) is 10.2. The number of nitrogens with one attached hydrogen (secondary N) is 1. The third-order valence-corrected chi connectivity index (χ3v) is 7.21. The molecule has 2 aliphatic rings. The molecule has 0 atom stereocenters. The lowest BCUT2D eigenvalue weighted by Gasteiger charge is -2.27. The Hall–Kier alpha value is -3.28. The van der Waals surface area contributed by atoms with Crippen molar-refractivity contribution in [2.45, 2.75) is 11.3 Å². The summed E-state index contributed by atoms with van der Waals surface area (Å²) in [5.41, 5.74) is 3.26. The number of fused-ring (bicyclic) bond motifs is 1. The van der Waals surface area contributed by atoms with Crippen LogP contribution in [-0.2, 0) is 19.6 Å². The molecule has 33 heavy (non-hydrogen) atoms. The van der Waals surface area contributed by atoms with Crippen molar-refractivity contribution in [3.8, 4) is 0 Å². The van der Waals surface area contributed by atoms with E-state index in [0.717, 1.165) is 49.6 Å². The first-order valence-electron chi connectivity index (χ1n) is 10.5. The van der Waals surface area contributed by atoms with E-state index < -0.39 is 10.0 Å². The molecule has 3 aromatic heterocycles. The highest BCUT2D eigenvalue weighted by molar-refractivity contribution is 7.90. The maximum atomic E-state index is 13.5. The molecule has 0 spiro atoms. The zero-order valence-corrected chi connectivity index (χ0v) is 18.7. The summed E-state index contributed by atoms with van der Waals surface area (Å²) >= 11 is 0. The summed E-state index contributed by atoms with van der Waals surface area (Å²) in [4.78, 5) is 19.5. The number of aromatic nitrogens is 3. The molecule has 0 aliphatic carbocycles. The van der Waals surface area contributed by atoms with Gasteiger partial charge in [0.25, 0.3) is 16.5 Å². The van der Waals surface area contributed by atoms with Gasteiger partial charge in [0, 0.05) is 43.8 Å². The number of carboxylic acid groups (broad SMARTS) is 1. The topological polar surface area (TPSA) is 127 Å². The van der Waals surface area contributed by atoms with Gasteiger partial charge in [0.1, 0.15) is 10.7 Å². The number of carbonyl (C=O) groups is 1. The zero-order chi connectivity index (χ0) is 23.3. The van der Waals surface area contributed by atoms with Crippen LogP contribution >= 0.6 is 0 Å². The van der Waals surface area contributed by atoms with Gasteiger partial charge in [0.05, 0.1) is 24.2 Å². The molecule has 11 heteroatoms. The molecule has 2 N–H and O–H groups in total. The Balaban J connectivity index is 0.000000821. The van der Waals surface area contributed by atoms with E-state index in [4.69, 9.17) is 14.6 Å². The molecule has 1 saturated heterocycles. The van der Waals surface area contributed by atoms with E-state index in [9.17, 15) is 8.42 Å². The highest BCUT2D eigenvalue weighted by atomic mass is 32.2. The first-order valence-corrected chi connectivity index (χ1v) is 12.0. The molecule has 2 aliphatic heterocycles. The van der Waals surface area contributed by atoms with Crippen molar-refractivity contribution in [1.82, 2.24) is 19.3 Å². The largest absolute Gasteiger partial charge is 0.483 e. The van der Waals surface area contributed by atoms with Crippen LogP contribution in [0.3, 0.4) is 0 Å². The van der Waals surface area contributed by atoms with Crippen LogP contribution in [0.15, 0.2) is 53.8 Å². The fraction of sp³-hybridized carbons (Fsp3) is 0.318. The van der Waals surface area contributed by atoms with Crippen molar-refractivity contribution in [3.05, 3.63) is 54.5 Å². The lowest BCUT2D eigenvalue weighted by Crippen LogP contribution is -2.36. The first-order chi connectivity index (χ1) is 16.1. The Morgan fingerprint density at radius 1 is 1.15 bits per heavy atom. The van der Waals surface area contributed by atoms with Crippen molar-refractivity contribution < 1.29 is 23.1 Å². The number of anilines is 1. The zero-order valence-electron chi connectivity index (χ0n) is 17.9. The van der Waals surface area contributed by atoms with E-state index in [1.807, 2.05) is 0 Å².